The van der Waals surface area contributed by atoms with Crippen molar-refractivity contribution in [1.29, 1.82) is 0 Å². The van der Waals surface area contributed by atoms with E-state index in [-0.39, 0.29) is 5.91 Å². The second-order valence-corrected chi connectivity index (χ2v) is 6.66. The molecule has 1 aliphatic heterocycles. The highest BCUT2D eigenvalue weighted by Crippen LogP contribution is 2.27. The van der Waals surface area contributed by atoms with Gasteiger partial charge in [-0.2, -0.15) is 0 Å². The summed E-state index contributed by atoms with van der Waals surface area (Å²) in [6, 6.07) is 7.85. The van der Waals surface area contributed by atoms with E-state index in [0.717, 1.165) is 24.2 Å². The van der Waals surface area contributed by atoms with Crippen molar-refractivity contribution in [3.63, 3.8) is 0 Å². The maximum atomic E-state index is 11.6. The summed E-state index contributed by atoms with van der Waals surface area (Å²) in [5.74, 6) is 0.782. The van der Waals surface area contributed by atoms with Gasteiger partial charge < -0.3 is 10.1 Å². The molecule has 1 aromatic carbocycles. The number of ether oxygens (including phenoxy) is 1. The minimum absolute atomic E-state index is 0.119. The third-order valence-electron chi connectivity index (χ3n) is 3.42. The van der Waals surface area contributed by atoms with Gasteiger partial charge in [-0.3, -0.25) is 4.79 Å². The van der Waals surface area contributed by atoms with Crippen LogP contribution in [0.3, 0.4) is 0 Å². The standard InChI is InChI=1S/C15H15NO2S2/c17-14-13(20-15(19)16-14)9-10-5-7-12(8-6-10)18-11-3-1-2-4-11/h5-9,11H,1-4H2,(H,16,17,19)/b13-9+. The third kappa shape index (κ3) is 3.22. The second-order valence-electron chi connectivity index (χ2n) is 4.95. The van der Waals surface area contributed by atoms with Gasteiger partial charge in [-0.15, -0.1) is 0 Å². The van der Waals surface area contributed by atoms with E-state index in [9.17, 15) is 4.79 Å². The zero-order valence-corrected chi connectivity index (χ0v) is 12.6. The molecule has 0 bridgehead atoms. The third-order valence-corrected chi connectivity index (χ3v) is 4.59. The maximum Gasteiger partial charge on any atom is 0.263 e. The number of amides is 1. The molecule has 0 aromatic heterocycles. The van der Waals surface area contributed by atoms with Gasteiger partial charge in [-0.05, 0) is 49.5 Å². The topological polar surface area (TPSA) is 38.3 Å². The van der Waals surface area contributed by atoms with Crippen LogP contribution in [0.25, 0.3) is 6.08 Å². The Kier molecular flexibility index (Phi) is 4.08. The molecule has 104 valence electrons. The molecule has 1 saturated heterocycles. The van der Waals surface area contributed by atoms with Gasteiger partial charge in [0.15, 0.2) is 0 Å². The summed E-state index contributed by atoms with van der Waals surface area (Å²) in [5, 5.41) is 2.61. The Bertz CT molecular complexity index is 560. The number of hydrogen-bond donors (Lipinski definition) is 1. The molecule has 0 spiro atoms. The summed E-state index contributed by atoms with van der Waals surface area (Å²) in [5.41, 5.74) is 0.978. The van der Waals surface area contributed by atoms with Gasteiger partial charge >= 0.3 is 0 Å². The van der Waals surface area contributed by atoms with Crippen LogP contribution >= 0.6 is 24.0 Å². The Balaban J connectivity index is 1.68. The highest BCUT2D eigenvalue weighted by molar-refractivity contribution is 8.26. The lowest BCUT2D eigenvalue weighted by Gasteiger charge is -2.12. The van der Waals surface area contributed by atoms with Crippen molar-refractivity contribution in [2.45, 2.75) is 31.8 Å². The predicted molar refractivity (Wildman–Crippen MR) is 85.6 cm³/mol. The van der Waals surface area contributed by atoms with Crippen LogP contribution in [0.2, 0.25) is 0 Å². The van der Waals surface area contributed by atoms with Crippen LogP contribution in [0.1, 0.15) is 31.2 Å². The van der Waals surface area contributed by atoms with Crippen molar-refractivity contribution in [1.82, 2.24) is 5.32 Å². The molecule has 20 heavy (non-hydrogen) atoms. The monoisotopic (exact) mass is 305 g/mol. The lowest BCUT2D eigenvalue weighted by molar-refractivity contribution is -0.115. The average Bonchev–Trinajstić information content (AvgIpc) is 3.03. The Morgan fingerprint density at radius 1 is 1.25 bits per heavy atom. The average molecular weight is 305 g/mol. The molecule has 1 N–H and O–H groups in total. The minimum Gasteiger partial charge on any atom is -0.490 e. The molecular weight excluding hydrogens is 290 g/mol. The minimum atomic E-state index is -0.119. The first-order chi connectivity index (χ1) is 9.70. The van der Waals surface area contributed by atoms with Gasteiger partial charge in [0, 0.05) is 0 Å². The fourth-order valence-corrected chi connectivity index (χ4v) is 3.46. The molecule has 3 rings (SSSR count). The van der Waals surface area contributed by atoms with E-state index in [4.69, 9.17) is 17.0 Å². The molecule has 0 radical (unpaired) electrons. The largest absolute Gasteiger partial charge is 0.490 e. The molecule has 1 aromatic rings. The van der Waals surface area contributed by atoms with Crippen LogP contribution in [0, 0.1) is 0 Å². The summed E-state index contributed by atoms with van der Waals surface area (Å²) in [6.45, 7) is 0. The van der Waals surface area contributed by atoms with E-state index in [1.54, 1.807) is 0 Å². The number of carbonyl (C=O) groups excluding carboxylic acids is 1. The Morgan fingerprint density at radius 3 is 2.55 bits per heavy atom. The van der Waals surface area contributed by atoms with E-state index >= 15 is 0 Å². The summed E-state index contributed by atoms with van der Waals surface area (Å²) < 4.78 is 6.43. The van der Waals surface area contributed by atoms with E-state index in [1.807, 2.05) is 30.3 Å². The molecule has 1 saturated carbocycles. The second kappa shape index (κ2) is 5.97. The highest BCUT2D eigenvalue weighted by atomic mass is 32.2. The Hall–Kier alpha value is -1.33. The normalized spacial score (nSPS) is 21.5. The van der Waals surface area contributed by atoms with Crippen LogP contribution in [-0.2, 0) is 4.79 Å². The fraction of sp³-hybridized carbons (Fsp3) is 0.333. The van der Waals surface area contributed by atoms with Crippen LogP contribution < -0.4 is 10.1 Å². The van der Waals surface area contributed by atoms with Crippen LogP contribution in [-0.4, -0.2) is 16.3 Å². The van der Waals surface area contributed by atoms with Gasteiger partial charge in [0.2, 0.25) is 0 Å². The lowest BCUT2D eigenvalue weighted by atomic mass is 10.2. The summed E-state index contributed by atoms with van der Waals surface area (Å²) in [7, 11) is 0. The van der Waals surface area contributed by atoms with E-state index in [1.165, 1.54) is 24.6 Å². The summed E-state index contributed by atoms with van der Waals surface area (Å²) in [4.78, 5) is 12.2. The molecule has 2 aliphatic rings. The van der Waals surface area contributed by atoms with Crippen molar-refractivity contribution in [3.8, 4) is 5.75 Å². The maximum absolute atomic E-state index is 11.6. The van der Waals surface area contributed by atoms with Gasteiger partial charge in [0.05, 0.1) is 11.0 Å². The van der Waals surface area contributed by atoms with E-state index in [0.29, 0.717) is 15.3 Å². The number of thioether (sulfide) groups is 1. The van der Waals surface area contributed by atoms with Gasteiger partial charge in [0.1, 0.15) is 10.1 Å². The van der Waals surface area contributed by atoms with Gasteiger partial charge in [-0.25, -0.2) is 0 Å². The Morgan fingerprint density at radius 2 is 1.95 bits per heavy atom. The fourth-order valence-electron chi connectivity index (χ4n) is 2.41. The highest BCUT2D eigenvalue weighted by Gasteiger charge is 2.22. The molecule has 1 amide bonds. The first-order valence-electron chi connectivity index (χ1n) is 6.72. The van der Waals surface area contributed by atoms with Crippen LogP contribution in [0.4, 0.5) is 0 Å². The molecule has 1 heterocycles. The molecule has 2 fully saturated rings. The number of thiocarbonyl (C=S) groups is 1. The molecular formula is C15H15NO2S2. The number of benzene rings is 1. The van der Waals surface area contributed by atoms with Gasteiger partial charge in [-0.1, -0.05) is 36.1 Å². The predicted octanol–water partition coefficient (Wildman–Crippen LogP) is 3.50. The van der Waals surface area contributed by atoms with Crippen molar-refractivity contribution >= 4 is 40.3 Å². The smallest absolute Gasteiger partial charge is 0.263 e. The SMILES string of the molecule is O=C1NC(=S)S/C1=C/c1ccc(OC2CCCC2)cc1. The van der Waals surface area contributed by atoms with Crippen molar-refractivity contribution in [2.24, 2.45) is 0 Å². The number of carbonyl (C=O) groups is 1. The van der Waals surface area contributed by atoms with Crippen molar-refractivity contribution < 1.29 is 9.53 Å². The lowest BCUT2D eigenvalue weighted by Crippen LogP contribution is -2.17. The number of nitrogens with one attached hydrogen (secondary N) is 1. The molecule has 5 heteroatoms. The van der Waals surface area contributed by atoms with Crippen molar-refractivity contribution in [2.75, 3.05) is 0 Å². The van der Waals surface area contributed by atoms with Crippen LogP contribution in [0.5, 0.6) is 5.75 Å². The first kappa shape index (κ1) is 13.6. The number of rotatable bonds is 3. The van der Waals surface area contributed by atoms with E-state index < -0.39 is 0 Å². The Labute approximate surface area is 127 Å². The molecule has 0 unspecified atom stereocenters. The van der Waals surface area contributed by atoms with E-state index in [2.05, 4.69) is 5.32 Å². The zero-order chi connectivity index (χ0) is 13.9. The molecule has 3 nitrogen and oxygen atoms in total. The van der Waals surface area contributed by atoms with Crippen LogP contribution in [0.15, 0.2) is 29.2 Å². The summed E-state index contributed by atoms with van der Waals surface area (Å²) in [6.07, 6.45) is 7.05. The first-order valence-corrected chi connectivity index (χ1v) is 7.95. The van der Waals surface area contributed by atoms with Crippen molar-refractivity contribution in [3.05, 3.63) is 34.7 Å². The zero-order valence-electron chi connectivity index (χ0n) is 10.9. The molecule has 1 aliphatic carbocycles. The summed E-state index contributed by atoms with van der Waals surface area (Å²) >= 11 is 6.26. The molecule has 0 atom stereocenters. The van der Waals surface area contributed by atoms with Gasteiger partial charge in [0.25, 0.3) is 5.91 Å². The quantitative estimate of drug-likeness (QED) is 0.685. The number of hydrogen-bond acceptors (Lipinski definition) is 4.